The van der Waals surface area contributed by atoms with Crippen LogP contribution in [0.1, 0.15) is 23.3 Å². The number of hydrogen-bond acceptors (Lipinski definition) is 5. The van der Waals surface area contributed by atoms with E-state index in [1.165, 1.54) is 4.88 Å². The number of ether oxygens (including phenoxy) is 1. The van der Waals surface area contributed by atoms with E-state index < -0.39 is 0 Å². The molecule has 1 aliphatic rings. The van der Waals surface area contributed by atoms with Crippen LogP contribution < -0.4 is 5.73 Å². The maximum atomic E-state index is 12.4. The topological polar surface area (TPSA) is 68.5 Å². The van der Waals surface area contributed by atoms with Crippen molar-refractivity contribution in [1.82, 2.24) is 9.88 Å². The van der Waals surface area contributed by atoms with Gasteiger partial charge in [-0.05, 0) is 48.4 Å². The monoisotopic (exact) mass is 345 g/mol. The SMILES string of the molecule is Nc1cc(CC[C@H]2CN(C(=O)CCc3cccs3)CCO2)ccn1. The van der Waals surface area contributed by atoms with Crippen LogP contribution in [0, 0.1) is 0 Å². The van der Waals surface area contributed by atoms with E-state index >= 15 is 0 Å². The molecule has 1 saturated heterocycles. The molecule has 128 valence electrons. The minimum absolute atomic E-state index is 0.0961. The number of anilines is 1. The van der Waals surface area contributed by atoms with Crippen LogP contribution in [-0.4, -0.2) is 41.6 Å². The molecule has 6 heteroatoms. The summed E-state index contributed by atoms with van der Waals surface area (Å²) in [6.45, 7) is 2.00. The summed E-state index contributed by atoms with van der Waals surface area (Å²) >= 11 is 1.71. The molecule has 0 saturated carbocycles. The third kappa shape index (κ3) is 4.79. The van der Waals surface area contributed by atoms with Gasteiger partial charge in [-0.25, -0.2) is 4.98 Å². The van der Waals surface area contributed by atoms with E-state index in [1.807, 2.05) is 23.1 Å². The number of thiophene rings is 1. The third-order valence-electron chi connectivity index (χ3n) is 4.26. The molecule has 0 radical (unpaired) electrons. The molecule has 24 heavy (non-hydrogen) atoms. The van der Waals surface area contributed by atoms with Gasteiger partial charge in [0, 0.05) is 30.6 Å². The van der Waals surface area contributed by atoms with E-state index in [4.69, 9.17) is 10.5 Å². The fraction of sp³-hybridized carbons (Fsp3) is 0.444. The number of nitrogens with zero attached hydrogens (tertiary/aromatic N) is 2. The maximum Gasteiger partial charge on any atom is 0.223 e. The number of nitrogens with two attached hydrogens (primary N) is 1. The summed E-state index contributed by atoms with van der Waals surface area (Å²) in [6.07, 6.45) is 5.00. The van der Waals surface area contributed by atoms with E-state index in [1.54, 1.807) is 17.5 Å². The lowest BCUT2D eigenvalue weighted by molar-refractivity contribution is -0.138. The highest BCUT2D eigenvalue weighted by molar-refractivity contribution is 7.09. The molecule has 0 aliphatic carbocycles. The Labute approximate surface area is 146 Å². The van der Waals surface area contributed by atoms with Crippen molar-refractivity contribution in [2.24, 2.45) is 0 Å². The first kappa shape index (κ1) is 16.9. The average Bonchev–Trinajstić information content (AvgIpc) is 3.12. The number of hydrogen-bond donors (Lipinski definition) is 1. The molecule has 1 fully saturated rings. The van der Waals surface area contributed by atoms with Crippen molar-refractivity contribution in [2.75, 3.05) is 25.4 Å². The van der Waals surface area contributed by atoms with Crippen LogP contribution in [0.4, 0.5) is 5.82 Å². The third-order valence-corrected chi connectivity index (χ3v) is 5.19. The van der Waals surface area contributed by atoms with Gasteiger partial charge in [-0.3, -0.25) is 4.79 Å². The molecule has 0 bridgehead atoms. The van der Waals surface area contributed by atoms with E-state index in [0.29, 0.717) is 31.9 Å². The lowest BCUT2D eigenvalue weighted by Gasteiger charge is -2.33. The molecule has 1 atom stereocenters. The highest BCUT2D eigenvalue weighted by atomic mass is 32.1. The zero-order valence-corrected chi connectivity index (χ0v) is 14.5. The molecule has 1 amide bonds. The summed E-state index contributed by atoms with van der Waals surface area (Å²) in [6, 6.07) is 7.98. The summed E-state index contributed by atoms with van der Waals surface area (Å²) in [7, 11) is 0. The van der Waals surface area contributed by atoms with Crippen LogP contribution in [0.5, 0.6) is 0 Å². The van der Waals surface area contributed by atoms with Gasteiger partial charge >= 0.3 is 0 Å². The first-order valence-electron chi connectivity index (χ1n) is 8.33. The minimum Gasteiger partial charge on any atom is -0.384 e. The van der Waals surface area contributed by atoms with Crippen molar-refractivity contribution in [1.29, 1.82) is 0 Å². The number of amides is 1. The molecular weight excluding hydrogens is 322 g/mol. The molecular formula is C18H23N3O2S. The van der Waals surface area contributed by atoms with E-state index in [2.05, 4.69) is 16.4 Å². The average molecular weight is 345 g/mol. The Morgan fingerprint density at radius 3 is 3.12 bits per heavy atom. The molecule has 0 spiro atoms. The van der Waals surface area contributed by atoms with Crippen molar-refractivity contribution in [3.8, 4) is 0 Å². The van der Waals surface area contributed by atoms with Gasteiger partial charge in [0.1, 0.15) is 5.82 Å². The molecule has 2 aromatic heterocycles. The maximum absolute atomic E-state index is 12.4. The number of nitrogen functional groups attached to an aromatic ring is 1. The normalized spacial score (nSPS) is 17.8. The van der Waals surface area contributed by atoms with Crippen LogP contribution >= 0.6 is 11.3 Å². The fourth-order valence-electron chi connectivity index (χ4n) is 2.94. The van der Waals surface area contributed by atoms with Gasteiger partial charge in [0.2, 0.25) is 5.91 Å². The van der Waals surface area contributed by atoms with Gasteiger partial charge in [-0.2, -0.15) is 0 Å². The lowest BCUT2D eigenvalue weighted by Crippen LogP contribution is -2.45. The fourth-order valence-corrected chi connectivity index (χ4v) is 3.65. The van der Waals surface area contributed by atoms with Crippen LogP contribution in [-0.2, 0) is 22.4 Å². The molecule has 2 N–H and O–H groups in total. The van der Waals surface area contributed by atoms with Crippen LogP contribution in [0.25, 0.3) is 0 Å². The van der Waals surface area contributed by atoms with Gasteiger partial charge in [-0.15, -0.1) is 11.3 Å². The second-order valence-electron chi connectivity index (χ2n) is 6.04. The van der Waals surface area contributed by atoms with Crippen molar-refractivity contribution in [2.45, 2.75) is 31.8 Å². The largest absolute Gasteiger partial charge is 0.384 e. The second-order valence-corrected chi connectivity index (χ2v) is 7.07. The Bertz CT molecular complexity index is 660. The Morgan fingerprint density at radius 1 is 1.42 bits per heavy atom. The second kappa shape index (κ2) is 8.26. The molecule has 2 aromatic rings. The smallest absolute Gasteiger partial charge is 0.223 e. The van der Waals surface area contributed by atoms with Crippen molar-refractivity contribution < 1.29 is 9.53 Å². The molecule has 5 nitrogen and oxygen atoms in total. The highest BCUT2D eigenvalue weighted by Crippen LogP contribution is 2.16. The standard InChI is InChI=1S/C18H23N3O2S/c19-17-12-14(7-8-20-17)3-4-15-13-21(9-10-23-15)18(22)6-5-16-2-1-11-24-16/h1-2,7-8,11-12,15H,3-6,9-10,13H2,(H2,19,20)/t15-/m0/s1. The van der Waals surface area contributed by atoms with Gasteiger partial charge in [0.15, 0.2) is 0 Å². The molecule has 3 heterocycles. The van der Waals surface area contributed by atoms with E-state index in [0.717, 1.165) is 24.8 Å². The van der Waals surface area contributed by atoms with Crippen LogP contribution in [0.15, 0.2) is 35.8 Å². The van der Waals surface area contributed by atoms with Crippen molar-refractivity contribution in [3.63, 3.8) is 0 Å². The van der Waals surface area contributed by atoms with Gasteiger partial charge < -0.3 is 15.4 Å². The molecule has 1 aliphatic heterocycles. The Balaban J connectivity index is 1.46. The summed E-state index contributed by atoms with van der Waals surface area (Å²) in [5.41, 5.74) is 6.87. The summed E-state index contributed by atoms with van der Waals surface area (Å²) in [5, 5.41) is 2.05. The predicted octanol–water partition coefficient (Wildman–Crippen LogP) is 2.52. The van der Waals surface area contributed by atoms with Crippen LogP contribution in [0.3, 0.4) is 0 Å². The van der Waals surface area contributed by atoms with Gasteiger partial charge in [-0.1, -0.05) is 6.07 Å². The van der Waals surface area contributed by atoms with Crippen molar-refractivity contribution in [3.05, 3.63) is 46.3 Å². The number of carbonyl (C=O) groups is 1. The number of aryl methyl sites for hydroxylation is 2. The minimum atomic E-state index is 0.0961. The predicted molar refractivity (Wildman–Crippen MR) is 95.9 cm³/mol. The summed E-state index contributed by atoms with van der Waals surface area (Å²) < 4.78 is 5.82. The number of pyridine rings is 1. The Morgan fingerprint density at radius 2 is 2.33 bits per heavy atom. The highest BCUT2D eigenvalue weighted by Gasteiger charge is 2.23. The lowest BCUT2D eigenvalue weighted by atomic mass is 10.1. The summed E-state index contributed by atoms with van der Waals surface area (Å²) in [4.78, 5) is 19.6. The number of aromatic nitrogens is 1. The van der Waals surface area contributed by atoms with Crippen LogP contribution in [0.2, 0.25) is 0 Å². The zero-order chi connectivity index (χ0) is 16.8. The number of carbonyl (C=O) groups excluding carboxylic acids is 1. The van der Waals surface area contributed by atoms with Gasteiger partial charge in [0.25, 0.3) is 0 Å². The summed E-state index contributed by atoms with van der Waals surface area (Å²) in [5.74, 6) is 0.771. The first-order chi connectivity index (χ1) is 11.7. The molecule has 3 rings (SSSR count). The van der Waals surface area contributed by atoms with E-state index in [9.17, 15) is 4.79 Å². The quantitative estimate of drug-likeness (QED) is 0.873. The molecule has 0 unspecified atom stereocenters. The first-order valence-corrected chi connectivity index (χ1v) is 9.21. The van der Waals surface area contributed by atoms with Crippen molar-refractivity contribution >= 4 is 23.1 Å². The van der Waals surface area contributed by atoms with Gasteiger partial charge in [0.05, 0.1) is 12.7 Å². The van der Waals surface area contributed by atoms with E-state index in [-0.39, 0.29) is 12.0 Å². The zero-order valence-electron chi connectivity index (χ0n) is 13.7. The Hall–Kier alpha value is -1.92. The number of rotatable bonds is 6. The molecule has 0 aromatic carbocycles. The Kier molecular flexibility index (Phi) is 5.82. The number of morpholine rings is 1.